The van der Waals surface area contributed by atoms with Crippen molar-refractivity contribution in [2.75, 3.05) is 5.32 Å². The van der Waals surface area contributed by atoms with E-state index in [2.05, 4.69) is 63.8 Å². The van der Waals surface area contributed by atoms with Gasteiger partial charge in [0.2, 0.25) is 5.52 Å². The van der Waals surface area contributed by atoms with Crippen LogP contribution in [0.5, 0.6) is 0 Å². The molecule has 0 saturated heterocycles. The Morgan fingerprint density at radius 3 is 2.03 bits per heavy atom. The summed E-state index contributed by atoms with van der Waals surface area (Å²) in [5.74, 6) is 1.49. The molecule has 0 aliphatic heterocycles. The Hall–Kier alpha value is -4.12. The molecule has 4 aromatic heterocycles. The number of hydrogen-bond acceptors (Lipinski definition) is 4. The van der Waals surface area contributed by atoms with Gasteiger partial charge in [-0.25, -0.2) is 15.0 Å². The number of rotatable bonds is 2. The fraction of sp³-hybridized carbons (Fsp3) is 0. The number of aromatic nitrogens is 4. The fourth-order valence-corrected chi connectivity index (χ4v) is 3.77. The molecule has 0 bridgehead atoms. The van der Waals surface area contributed by atoms with E-state index in [9.17, 15) is 0 Å². The Morgan fingerprint density at radius 2 is 1.21 bits per heavy atom. The lowest BCUT2D eigenvalue weighted by atomic mass is 10.1. The maximum atomic E-state index is 4.84. The minimum atomic E-state index is 0.742. The third-order valence-corrected chi connectivity index (χ3v) is 5.18. The summed E-state index contributed by atoms with van der Waals surface area (Å²) in [5.41, 5.74) is 3.74. The predicted octanol–water partition coefficient (Wildman–Crippen LogP) is 5.04. The monoisotopic (exact) mass is 374 g/mol. The van der Waals surface area contributed by atoms with Crippen LogP contribution in [0.15, 0.2) is 85.2 Å². The molecule has 2 N–H and O–H groups in total. The second-order valence-electron chi connectivity index (χ2n) is 7.00. The standard InChI is InChI=1S/C24H15N5/c1-3-15-5-7-17-9-11-19(28-23(17)21(15)25-13-1)27-20-12-10-18-8-6-16-4-2-14-26-22(16)24(18)29-20/h1-14H,(H,27,28,29)/p+1. The fourth-order valence-electron chi connectivity index (χ4n) is 3.77. The lowest BCUT2D eigenvalue weighted by Crippen LogP contribution is -2.04. The van der Waals surface area contributed by atoms with Crippen LogP contribution in [-0.4, -0.2) is 15.0 Å². The zero-order valence-corrected chi connectivity index (χ0v) is 15.4. The van der Waals surface area contributed by atoms with Crippen LogP contribution in [0.2, 0.25) is 0 Å². The number of benzene rings is 2. The van der Waals surface area contributed by atoms with Gasteiger partial charge in [-0.2, -0.15) is 0 Å². The first-order valence-corrected chi connectivity index (χ1v) is 9.47. The van der Waals surface area contributed by atoms with Crippen LogP contribution in [0.1, 0.15) is 0 Å². The van der Waals surface area contributed by atoms with Gasteiger partial charge in [0.05, 0.1) is 11.0 Å². The highest BCUT2D eigenvalue weighted by Gasteiger charge is 2.10. The summed E-state index contributed by atoms with van der Waals surface area (Å²) in [7, 11) is 0. The predicted molar refractivity (Wildman–Crippen MR) is 116 cm³/mol. The van der Waals surface area contributed by atoms with E-state index in [1.807, 2.05) is 30.5 Å². The molecule has 6 rings (SSSR count). The average Bonchev–Trinajstić information content (AvgIpc) is 2.79. The van der Waals surface area contributed by atoms with Crippen molar-refractivity contribution >= 4 is 55.2 Å². The zero-order chi connectivity index (χ0) is 19.2. The van der Waals surface area contributed by atoms with Crippen molar-refractivity contribution in [2.24, 2.45) is 0 Å². The molecule has 0 unspecified atom stereocenters. The number of fused-ring (bicyclic) bond motifs is 6. The minimum Gasteiger partial charge on any atom is -0.325 e. The Bertz CT molecular complexity index is 1420. The van der Waals surface area contributed by atoms with Crippen LogP contribution in [0, 0.1) is 0 Å². The quantitative estimate of drug-likeness (QED) is 0.431. The third kappa shape index (κ3) is 2.63. The van der Waals surface area contributed by atoms with Crippen LogP contribution in [0.3, 0.4) is 0 Å². The highest BCUT2D eigenvalue weighted by atomic mass is 15.1. The van der Waals surface area contributed by atoms with E-state index in [1.54, 1.807) is 6.20 Å². The molecule has 0 atom stereocenters. The van der Waals surface area contributed by atoms with Crippen LogP contribution >= 0.6 is 0 Å². The molecule has 136 valence electrons. The van der Waals surface area contributed by atoms with Crippen molar-refractivity contribution in [3.63, 3.8) is 0 Å². The van der Waals surface area contributed by atoms with E-state index in [0.29, 0.717) is 0 Å². The molecule has 29 heavy (non-hydrogen) atoms. The number of anilines is 2. The summed E-state index contributed by atoms with van der Waals surface area (Å²) in [6.45, 7) is 0. The Balaban J connectivity index is 1.48. The molecule has 0 radical (unpaired) electrons. The number of aromatic amines is 1. The second kappa shape index (κ2) is 6.21. The lowest BCUT2D eigenvalue weighted by molar-refractivity contribution is -0.343. The maximum Gasteiger partial charge on any atom is 0.237 e. The van der Waals surface area contributed by atoms with Crippen molar-refractivity contribution in [1.82, 2.24) is 15.0 Å². The SMILES string of the molecule is c1cnc2c(c1)ccc1ccc(Nc3ccc4ccc5ccc[nH+]c5c4n3)nc12. The number of hydrogen-bond donors (Lipinski definition) is 1. The second-order valence-corrected chi connectivity index (χ2v) is 7.00. The van der Waals surface area contributed by atoms with Crippen LogP contribution in [0.25, 0.3) is 43.6 Å². The zero-order valence-electron chi connectivity index (χ0n) is 15.4. The van der Waals surface area contributed by atoms with Gasteiger partial charge in [-0.05, 0) is 42.5 Å². The molecule has 5 heteroatoms. The molecular weight excluding hydrogens is 358 g/mol. The summed E-state index contributed by atoms with van der Waals surface area (Å²) in [5, 5.41) is 7.72. The Kier molecular flexibility index (Phi) is 3.40. The minimum absolute atomic E-state index is 0.742. The Morgan fingerprint density at radius 1 is 0.586 bits per heavy atom. The average molecular weight is 374 g/mol. The molecule has 6 aromatic rings. The highest BCUT2D eigenvalue weighted by molar-refractivity contribution is 6.03. The van der Waals surface area contributed by atoms with Crippen molar-refractivity contribution in [3.8, 4) is 0 Å². The van der Waals surface area contributed by atoms with Gasteiger partial charge in [0, 0.05) is 33.8 Å². The molecule has 5 nitrogen and oxygen atoms in total. The number of pyridine rings is 4. The van der Waals surface area contributed by atoms with E-state index in [0.717, 1.165) is 55.2 Å². The van der Waals surface area contributed by atoms with Gasteiger partial charge in [0.1, 0.15) is 17.2 Å². The molecule has 4 heterocycles. The first kappa shape index (κ1) is 15.9. The van der Waals surface area contributed by atoms with Gasteiger partial charge in [0.15, 0.2) is 6.20 Å². The smallest absolute Gasteiger partial charge is 0.237 e. The molecule has 0 aliphatic rings. The van der Waals surface area contributed by atoms with E-state index < -0.39 is 0 Å². The van der Waals surface area contributed by atoms with Crippen LogP contribution in [0.4, 0.5) is 11.6 Å². The van der Waals surface area contributed by atoms with E-state index in [1.165, 1.54) is 0 Å². The van der Waals surface area contributed by atoms with E-state index >= 15 is 0 Å². The van der Waals surface area contributed by atoms with E-state index in [4.69, 9.17) is 9.97 Å². The third-order valence-electron chi connectivity index (χ3n) is 5.18. The summed E-state index contributed by atoms with van der Waals surface area (Å²) < 4.78 is 0. The van der Waals surface area contributed by atoms with Crippen LogP contribution in [-0.2, 0) is 0 Å². The van der Waals surface area contributed by atoms with Crippen LogP contribution < -0.4 is 10.3 Å². The first-order chi connectivity index (χ1) is 14.3. The molecule has 0 spiro atoms. The summed E-state index contributed by atoms with van der Waals surface area (Å²) >= 11 is 0. The van der Waals surface area contributed by atoms with Gasteiger partial charge < -0.3 is 5.32 Å². The first-order valence-electron chi connectivity index (χ1n) is 9.47. The topological polar surface area (TPSA) is 64.8 Å². The molecule has 0 amide bonds. The molecule has 2 aromatic carbocycles. The summed E-state index contributed by atoms with van der Waals surface area (Å²) in [6, 6.07) is 24.5. The summed E-state index contributed by atoms with van der Waals surface area (Å²) in [4.78, 5) is 17.5. The normalized spacial score (nSPS) is 11.4. The van der Waals surface area contributed by atoms with Crippen molar-refractivity contribution < 1.29 is 4.98 Å². The van der Waals surface area contributed by atoms with Crippen molar-refractivity contribution in [2.45, 2.75) is 0 Å². The van der Waals surface area contributed by atoms with Gasteiger partial charge >= 0.3 is 0 Å². The number of nitrogens with zero attached hydrogens (tertiary/aromatic N) is 3. The summed E-state index contributed by atoms with van der Waals surface area (Å²) in [6.07, 6.45) is 3.72. The van der Waals surface area contributed by atoms with Crippen molar-refractivity contribution in [1.29, 1.82) is 0 Å². The molecule has 0 saturated carbocycles. The van der Waals surface area contributed by atoms with Gasteiger partial charge in [-0.1, -0.05) is 24.3 Å². The highest BCUT2D eigenvalue weighted by Crippen LogP contribution is 2.26. The van der Waals surface area contributed by atoms with Gasteiger partial charge in [-0.3, -0.25) is 4.98 Å². The van der Waals surface area contributed by atoms with Gasteiger partial charge in [0.25, 0.3) is 0 Å². The van der Waals surface area contributed by atoms with Crippen molar-refractivity contribution in [3.05, 3.63) is 85.2 Å². The van der Waals surface area contributed by atoms with Gasteiger partial charge in [-0.15, -0.1) is 0 Å². The maximum absolute atomic E-state index is 4.84. The molecule has 0 aliphatic carbocycles. The van der Waals surface area contributed by atoms with E-state index in [-0.39, 0.29) is 0 Å². The largest absolute Gasteiger partial charge is 0.325 e. The molecular formula is C24H16N5+. The molecule has 0 fully saturated rings. The lowest BCUT2D eigenvalue weighted by Gasteiger charge is -2.08. The Labute approximate surface area is 166 Å². The number of nitrogens with one attached hydrogen (secondary N) is 2. The number of H-pyrrole nitrogens is 1.